The first kappa shape index (κ1) is 13.3. The molecular weight excluding hydrogens is 267 g/mol. The van der Waals surface area contributed by atoms with Crippen LogP contribution >= 0.6 is 0 Å². The van der Waals surface area contributed by atoms with Crippen molar-refractivity contribution in [3.8, 4) is 0 Å². The third-order valence-corrected chi connectivity index (χ3v) is 4.08. The predicted octanol–water partition coefficient (Wildman–Crippen LogP) is 3.31. The van der Waals surface area contributed by atoms with Gasteiger partial charge in [-0.2, -0.15) is 4.39 Å². The van der Waals surface area contributed by atoms with E-state index in [0.717, 1.165) is 0 Å². The fourth-order valence-corrected chi connectivity index (χ4v) is 2.63. The minimum Gasteiger partial charge on any atom is -0.504 e. The molecule has 19 heavy (non-hydrogen) atoms. The Morgan fingerprint density at radius 3 is 1.89 bits per heavy atom. The van der Waals surface area contributed by atoms with Crippen molar-refractivity contribution in [2.24, 2.45) is 0 Å². The Morgan fingerprint density at radius 2 is 1.37 bits per heavy atom. The highest BCUT2D eigenvalue weighted by Gasteiger charge is 2.25. The van der Waals surface area contributed by atoms with Gasteiger partial charge in [-0.1, -0.05) is 48.5 Å². The van der Waals surface area contributed by atoms with E-state index in [9.17, 15) is 17.9 Å². The molecule has 0 aliphatic carbocycles. The molecule has 0 saturated carbocycles. The lowest BCUT2D eigenvalue weighted by atomic mass is 10.2. The summed E-state index contributed by atoms with van der Waals surface area (Å²) in [5, 5.41) is 8.16. The van der Waals surface area contributed by atoms with E-state index in [4.69, 9.17) is 0 Å². The molecule has 2 aromatic carbocycles. The van der Waals surface area contributed by atoms with Gasteiger partial charge in [0.25, 0.3) is 5.16 Å². The van der Waals surface area contributed by atoms with Gasteiger partial charge in [0, 0.05) is 5.56 Å². The van der Waals surface area contributed by atoms with E-state index in [1.807, 2.05) is 0 Å². The maximum Gasteiger partial charge on any atom is 0.261 e. The van der Waals surface area contributed by atoms with Crippen molar-refractivity contribution in [1.29, 1.82) is 0 Å². The van der Waals surface area contributed by atoms with E-state index in [0.29, 0.717) is 0 Å². The zero-order valence-electron chi connectivity index (χ0n) is 9.82. The fraction of sp³-hybridized carbons (Fsp3) is 0. The van der Waals surface area contributed by atoms with E-state index in [2.05, 4.69) is 0 Å². The Balaban J connectivity index is 2.53. The number of halogens is 1. The van der Waals surface area contributed by atoms with Gasteiger partial charge in [0.1, 0.15) is 0 Å². The summed E-state index contributed by atoms with van der Waals surface area (Å²) >= 11 is 0. The van der Waals surface area contributed by atoms with Gasteiger partial charge >= 0.3 is 0 Å². The fourth-order valence-electron chi connectivity index (χ4n) is 1.54. The summed E-state index contributed by atoms with van der Waals surface area (Å²) < 4.78 is 37.9. The number of aliphatic hydroxyl groups is 1. The second-order valence-corrected chi connectivity index (χ2v) is 5.64. The summed E-state index contributed by atoms with van der Waals surface area (Å²) in [4.78, 5) is -0.199. The molecule has 0 unspecified atom stereocenters. The smallest absolute Gasteiger partial charge is 0.261 e. The van der Waals surface area contributed by atoms with Crippen molar-refractivity contribution in [1.82, 2.24) is 0 Å². The molecule has 0 spiro atoms. The molecule has 98 valence electrons. The number of benzene rings is 2. The van der Waals surface area contributed by atoms with E-state index in [1.54, 1.807) is 24.3 Å². The normalized spacial score (nSPS) is 12.9. The Morgan fingerprint density at radius 1 is 0.895 bits per heavy atom. The van der Waals surface area contributed by atoms with Gasteiger partial charge in [-0.25, -0.2) is 8.42 Å². The molecule has 0 atom stereocenters. The molecule has 1 N–H and O–H groups in total. The lowest BCUT2D eigenvalue weighted by molar-refractivity contribution is 0.486. The number of aliphatic hydroxyl groups excluding tert-OH is 1. The van der Waals surface area contributed by atoms with Gasteiger partial charge in [0.2, 0.25) is 9.84 Å². The number of rotatable bonds is 3. The van der Waals surface area contributed by atoms with Gasteiger partial charge in [-0.15, -0.1) is 0 Å². The SMILES string of the molecule is O=S(=O)(/C(F)=C(\O)c1ccccc1)c1ccccc1. The van der Waals surface area contributed by atoms with Crippen LogP contribution in [0.2, 0.25) is 0 Å². The van der Waals surface area contributed by atoms with Crippen LogP contribution in [0.5, 0.6) is 0 Å². The highest BCUT2D eigenvalue weighted by molar-refractivity contribution is 7.95. The van der Waals surface area contributed by atoms with Crippen molar-refractivity contribution in [2.45, 2.75) is 4.90 Å². The molecular formula is C14H11FO3S. The van der Waals surface area contributed by atoms with Crippen LogP contribution in [-0.4, -0.2) is 13.5 Å². The van der Waals surface area contributed by atoms with Gasteiger partial charge in [-0.05, 0) is 12.1 Å². The molecule has 5 heteroatoms. The molecule has 0 bridgehead atoms. The van der Waals surface area contributed by atoms with Gasteiger partial charge < -0.3 is 5.11 Å². The highest BCUT2D eigenvalue weighted by Crippen LogP contribution is 2.26. The zero-order chi connectivity index (χ0) is 13.9. The summed E-state index contributed by atoms with van der Waals surface area (Å²) in [6.07, 6.45) is 0. The average Bonchev–Trinajstić information content (AvgIpc) is 2.47. The number of hydrogen-bond acceptors (Lipinski definition) is 3. The van der Waals surface area contributed by atoms with E-state index in [-0.39, 0.29) is 10.5 Å². The number of hydrogen-bond donors (Lipinski definition) is 1. The maximum absolute atomic E-state index is 14.0. The monoisotopic (exact) mass is 278 g/mol. The van der Waals surface area contributed by atoms with Crippen LogP contribution in [0.25, 0.3) is 5.76 Å². The Hall–Kier alpha value is -2.14. The highest BCUT2D eigenvalue weighted by atomic mass is 32.2. The summed E-state index contributed by atoms with van der Waals surface area (Å²) in [6.45, 7) is 0. The van der Waals surface area contributed by atoms with Crippen LogP contribution in [0.3, 0.4) is 0 Å². The van der Waals surface area contributed by atoms with Crippen molar-refractivity contribution >= 4 is 15.6 Å². The molecule has 0 aromatic heterocycles. The molecule has 0 amide bonds. The topological polar surface area (TPSA) is 54.4 Å². The molecule has 0 saturated heterocycles. The zero-order valence-corrected chi connectivity index (χ0v) is 10.6. The van der Waals surface area contributed by atoms with Gasteiger partial charge in [0.15, 0.2) is 5.76 Å². The van der Waals surface area contributed by atoms with Crippen molar-refractivity contribution < 1.29 is 17.9 Å². The minimum atomic E-state index is -4.32. The molecule has 2 rings (SSSR count). The minimum absolute atomic E-state index is 0.111. The first-order valence-corrected chi connectivity index (χ1v) is 6.96. The largest absolute Gasteiger partial charge is 0.504 e. The first-order valence-electron chi connectivity index (χ1n) is 5.48. The Labute approximate surface area is 110 Å². The van der Waals surface area contributed by atoms with Crippen LogP contribution < -0.4 is 0 Å². The van der Waals surface area contributed by atoms with E-state index >= 15 is 0 Å². The van der Waals surface area contributed by atoms with E-state index < -0.39 is 20.8 Å². The lowest BCUT2D eigenvalue weighted by Gasteiger charge is -2.05. The van der Waals surface area contributed by atoms with Crippen molar-refractivity contribution in [2.75, 3.05) is 0 Å². The lowest BCUT2D eigenvalue weighted by Crippen LogP contribution is -2.04. The van der Waals surface area contributed by atoms with Crippen LogP contribution in [-0.2, 0) is 9.84 Å². The maximum atomic E-state index is 14.0. The Kier molecular flexibility index (Phi) is 3.66. The van der Waals surface area contributed by atoms with Crippen LogP contribution in [0, 0.1) is 0 Å². The number of sulfone groups is 1. The second kappa shape index (κ2) is 5.24. The van der Waals surface area contributed by atoms with Crippen molar-refractivity contribution in [3.05, 3.63) is 71.4 Å². The summed E-state index contributed by atoms with van der Waals surface area (Å²) in [5.41, 5.74) is 0.111. The summed E-state index contributed by atoms with van der Waals surface area (Å²) in [6, 6.07) is 14.8. The first-order chi connectivity index (χ1) is 9.03. The standard InChI is InChI=1S/C14H11FO3S/c15-14(13(16)11-7-3-1-4-8-11)19(17,18)12-9-5-2-6-10-12/h1-10,16H/b14-13-. The molecule has 0 aliphatic rings. The molecule has 0 heterocycles. The molecule has 0 aliphatic heterocycles. The quantitative estimate of drug-likeness (QED) is 0.876. The van der Waals surface area contributed by atoms with Crippen LogP contribution in [0.15, 0.2) is 70.7 Å². The Bertz CT molecular complexity index is 692. The third kappa shape index (κ3) is 2.66. The van der Waals surface area contributed by atoms with Gasteiger partial charge in [-0.3, -0.25) is 0 Å². The average molecular weight is 278 g/mol. The summed E-state index contributed by atoms with van der Waals surface area (Å²) in [5.74, 6) is -0.885. The molecule has 0 radical (unpaired) electrons. The predicted molar refractivity (Wildman–Crippen MR) is 70.7 cm³/mol. The van der Waals surface area contributed by atoms with Gasteiger partial charge in [0.05, 0.1) is 4.90 Å². The van der Waals surface area contributed by atoms with Crippen LogP contribution in [0.4, 0.5) is 4.39 Å². The molecule has 0 fully saturated rings. The van der Waals surface area contributed by atoms with E-state index in [1.165, 1.54) is 36.4 Å². The van der Waals surface area contributed by atoms with Crippen molar-refractivity contribution in [3.63, 3.8) is 0 Å². The molecule has 2 aromatic rings. The third-order valence-electron chi connectivity index (χ3n) is 2.52. The second-order valence-electron chi connectivity index (χ2n) is 3.80. The van der Waals surface area contributed by atoms with Crippen LogP contribution in [0.1, 0.15) is 5.56 Å². The summed E-state index contributed by atoms with van der Waals surface area (Å²) in [7, 11) is -4.32. The molecule has 3 nitrogen and oxygen atoms in total.